The maximum absolute atomic E-state index is 12.6. The van der Waals surface area contributed by atoms with Crippen LogP contribution in [-0.2, 0) is 6.42 Å². The highest BCUT2D eigenvalue weighted by Crippen LogP contribution is 2.15. The summed E-state index contributed by atoms with van der Waals surface area (Å²) in [5.41, 5.74) is 2.28. The molecule has 1 aliphatic rings. The standard InChI is InChI=1S/C18H19N5O/c1-2-14-3-5-15(6-4-14)18(24)23-11-9-22(10-12-23)17-8-7-16(13-19)20-21-17/h3-8H,2,9-12H2,1H3. The molecule has 2 heterocycles. The summed E-state index contributed by atoms with van der Waals surface area (Å²) in [6.07, 6.45) is 0.971. The first-order chi connectivity index (χ1) is 11.7. The van der Waals surface area contributed by atoms with Gasteiger partial charge in [-0.3, -0.25) is 4.79 Å². The van der Waals surface area contributed by atoms with Gasteiger partial charge >= 0.3 is 0 Å². The molecule has 24 heavy (non-hydrogen) atoms. The minimum absolute atomic E-state index is 0.0724. The van der Waals surface area contributed by atoms with Crippen molar-refractivity contribution in [1.29, 1.82) is 5.26 Å². The van der Waals surface area contributed by atoms with Crippen molar-refractivity contribution < 1.29 is 4.79 Å². The molecule has 0 N–H and O–H groups in total. The molecule has 0 bridgehead atoms. The molecule has 1 amide bonds. The molecule has 1 aromatic carbocycles. The van der Waals surface area contributed by atoms with Gasteiger partial charge in [-0.15, -0.1) is 10.2 Å². The fourth-order valence-corrected chi connectivity index (χ4v) is 2.76. The number of nitriles is 1. The van der Waals surface area contributed by atoms with E-state index in [-0.39, 0.29) is 5.91 Å². The molecule has 0 radical (unpaired) electrons. The van der Waals surface area contributed by atoms with E-state index in [1.54, 1.807) is 12.1 Å². The van der Waals surface area contributed by atoms with Gasteiger partial charge in [0.05, 0.1) is 0 Å². The van der Waals surface area contributed by atoms with Crippen LogP contribution in [0.15, 0.2) is 36.4 Å². The molecule has 0 atom stereocenters. The van der Waals surface area contributed by atoms with Crippen molar-refractivity contribution in [2.24, 2.45) is 0 Å². The molecule has 0 unspecified atom stereocenters. The monoisotopic (exact) mass is 321 g/mol. The van der Waals surface area contributed by atoms with Crippen molar-refractivity contribution in [1.82, 2.24) is 15.1 Å². The predicted octanol–water partition coefficient (Wildman–Crippen LogP) is 1.87. The summed E-state index contributed by atoms with van der Waals surface area (Å²) in [5, 5.41) is 16.7. The van der Waals surface area contributed by atoms with Crippen LogP contribution < -0.4 is 4.90 Å². The van der Waals surface area contributed by atoms with Crippen molar-refractivity contribution >= 4 is 11.7 Å². The lowest BCUT2D eigenvalue weighted by atomic mass is 10.1. The number of carbonyl (C=O) groups is 1. The molecule has 2 aromatic rings. The normalized spacial score (nSPS) is 14.3. The number of piperazine rings is 1. The van der Waals surface area contributed by atoms with Crippen molar-refractivity contribution in [2.75, 3.05) is 31.1 Å². The number of rotatable bonds is 3. The molecule has 0 aliphatic carbocycles. The van der Waals surface area contributed by atoms with Crippen LogP contribution >= 0.6 is 0 Å². The summed E-state index contributed by atoms with van der Waals surface area (Å²) in [6, 6.07) is 13.2. The van der Waals surface area contributed by atoms with E-state index < -0.39 is 0 Å². The Balaban J connectivity index is 1.61. The number of aromatic nitrogens is 2. The van der Waals surface area contributed by atoms with Crippen LogP contribution in [0.5, 0.6) is 0 Å². The number of anilines is 1. The molecule has 3 rings (SSSR count). The Kier molecular flexibility index (Phi) is 4.71. The highest BCUT2D eigenvalue weighted by atomic mass is 16.2. The number of benzene rings is 1. The first-order valence-corrected chi connectivity index (χ1v) is 8.08. The molecular formula is C18H19N5O. The Hall–Kier alpha value is -2.94. The minimum atomic E-state index is 0.0724. The lowest BCUT2D eigenvalue weighted by Crippen LogP contribution is -2.49. The van der Waals surface area contributed by atoms with Crippen molar-refractivity contribution in [2.45, 2.75) is 13.3 Å². The second-order valence-electron chi connectivity index (χ2n) is 5.72. The van der Waals surface area contributed by atoms with Gasteiger partial charge in [-0.2, -0.15) is 5.26 Å². The SMILES string of the molecule is CCc1ccc(C(=O)N2CCN(c3ccc(C#N)nn3)CC2)cc1. The van der Waals surface area contributed by atoms with E-state index in [9.17, 15) is 4.79 Å². The molecule has 0 saturated carbocycles. The second-order valence-corrected chi connectivity index (χ2v) is 5.72. The second kappa shape index (κ2) is 7.09. The van der Waals surface area contributed by atoms with Crippen LogP contribution in [-0.4, -0.2) is 47.2 Å². The molecule has 122 valence electrons. The molecule has 1 fully saturated rings. The van der Waals surface area contributed by atoms with Crippen molar-refractivity contribution in [3.63, 3.8) is 0 Å². The zero-order valence-electron chi connectivity index (χ0n) is 13.6. The van der Waals surface area contributed by atoms with Gasteiger partial charge in [0.25, 0.3) is 5.91 Å². The Bertz CT molecular complexity index is 740. The van der Waals surface area contributed by atoms with Crippen molar-refractivity contribution in [3.05, 3.63) is 53.2 Å². The number of aryl methyl sites for hydroxylation is 1. The van der Waals surface area contributed by atoms with E-state index in [1.165, 1.54) is 5.56 Å². The number of carbonyl (C=O) groups excluding carboxylic acids is 1. The molecule has 1 aromatic heterocycles. The molecular weight excluding hydrogens is 302 g/mol. The van der Waals surface area contributed by atoms with Gasteiger partial charge in [-0.25, -0.2) is 0 Å². The lowest BCUT2D eigenvalue weighted by Gasteiger charge is -2.35. The molecule has 6 nitrogen and oxygen atoms in total. The number of hydrogen-bond acceptors (Lipinski definition) is 5. The fraction of sp³-hybridized carbons (Fsp3) is 0.333. The maximum atomic E-state index is 12.6. The van der Waals surface area contributed by atoms with Gasteiger partial charge < -0.3 is 9.80 Å². The third-order valence-electron chi connectivity index (χ3n) is 4.27. The fourth-order valence-electron chi connectivity index (χ4n) is 2.76. The summed E-state index contributed by atoms with van der Waals surface area (Å²) in [4.78, 5) is 16.5. The van der Waals surface area contributed by atoms with E-state index in [4.69, 9.17) is 5.26 Å². The van der Waals surface area contributed by atoms with Crippen LogP contribution in [0.1, 0.15) is 28.5 Å². The molecule has 1 aliphatic heterocycles. The van der Waals surface area contributed by atoms with Gasteiger partial charge in [0.2, 0.25) is 0 Å². The van der Waals surface area contributed by atoms with E-state index in [1.807, 2.05) is 35.2 Å². The van der Waals surface area contributed by atoms with Crippen LogP contribution in [0.3, 0.4) is 0 Å². The molecule has 0 spiro atoms. The van der Waals surface area contributed by atoms with E-state index in [2.05, 4.69) is 22.0 Å². The Morgan fingerprint density at radius 1 is 1.08 bits per heavy atom. The van der Waals surface area contributed by atoms with Crippen molar-refractivity contribution in [3.8, 4) is 6.07 Å². The number of nitrogens with zero attached hydrogens (tertiary/aromatic N) is 5. The Labute approximate surface area is 141 Å². The number of amides is 1. The smallest absolute Gasteiger partial charge is 0.253 e. The third-order valence-corrected chi connectivity index (χ3v) is 4.27. The van der Waals surface area contributed by atoms with E-state index in [0.29, 0.717) is 31.9 Å². The van der Waals surface area contributed by atoms with Gasteiger partial charge in [0.15, 0.2) is 11.5 Å². The number of hydrogen-bond donors (Lipinski definition) is 0. The molecule has 1 saturated heterocycles. The molecule has 6 heteroatoms. The first-order valence-electron chi connectivity index (χ1n) is 8.08. The van der Waals surface area contributed by atoms with Crippen LogP contribution in [0.4, 0.5) is 5.82 Å². The van der Waals surface area contributed by atoms with Crippen LogP contribution in [0.2, 0.25) is 0 Å². The van der Waals surface area contributed by atoms with Gasteiger partial charge in [-0.1, -0.05) is 19.1 Å². The average Bonchev–Trinajstić information content (AvgIpc) is 2.68. The Morgan fingerprint density at radius 2 is 1.79 bits per heavy atom. The zero-order valence-corrected chi connectivity index (χ0v) is 13.6. The summed E-state index contributed by atoms with van der Waals surface area (Å²) < 4.78 is 0. The lowest BCUT2D eigenvalue weighted by molar-refractivity contribution is 0.0746. The highest BCUT2D eigenvalue weighted by molar-refractivity contribution is 5.94. The van der Waals surface area contributed by atoms with Gasteiger partial charge in [0.1, 0.15) is 6.07 Å². The quantitative estimate of drug-likeness (QED) is 0.863. The van der Waals surface area contributed by atoms with Gasteiger partial charge in [-0.05, 0) is 36.2 Å². The predicted molar refractivity (Wildman–Crippen MR) is 90.7 cm³/mol. The highest BCUT2D eigenvalue weighted by Gasteiger charge is 2.23. The van der Waals surface area contributed by atoms with Gasteiger partial charge in [0, 0.05) is 31.7 Å². The van der Waals surface area contributed by atoms with E-state index in [0.717, 1.165) is 17.8 Å². The largest absolute Gasteiger partial charge is 0.352 e. The maximum Gasteiger partial charge on any atom is 0.253 e. The first kappa shape index (κ1) is 15.9. The van der Waals surface area contributed by atoms with Crippen LogP contribution in [0, 0.1) is 11.3 Å². The summed E-state index contributed by atoms with van der Waals surface area (Å²) in [7, 11) is 0. The van der Waals surface area contributed by atoms with E-state index >= 15 is 0 Å². The summed E-state index contributed by atoms with van der Waals surface area (Å²) in [5.74, 6) is 0.816. The Morgan fingerprint density at radius 3 is 2.33 bits per heavy atom. The zero-order chi connectivity index (χ0) is 16.9. The van der Waals surface area contributed by atoms with Crippen LogP contribution in [0.25, 0.3) is 0 Å². The minimum Gasteiger partial charge on any atom is -0.352 e. The summed E-state index contributed by atoms with van der Waals surface area (Å²) >= 11 is 0. The third kappa shape index (κ3) is 3.35. The topological polar surface area (TPSA) is 73.1 Å². The summed E-state index contributed by atoms with van der Waals surface area (Å²) in [6.45, 7) is 4.81. The average molecular weight is 321 g/mol.